The number of sulfonamides is 1. The van der Waals surface area contributed by atoms with E-state index in [1.54, 1.807) is 18.2 Å². The summed E-state index contributed by atoms with van der Waals surface area (Å²) in [4.78, 5) is 22.4. The molecule has 1 aliphatic heterocycles. The van der Waals surface area contributed by atoms with Gasteiger partial charge in [0.25, 0.3) is 5.91 Å². The summed E-state index contributed by atoms with van der Waals surface area (Å²) in [6.45, 7) is 0.676. The van der Waals surface area contributed by atoms with Gasteiger partial charge in [-0.2, -0.15) is 0 Å². The van der Waals surface area contributed by atoms with Gasteiger partial charge in [0.05, 0.1) is 11.9 Å². The fourth-order valence-electron chi connectivity index (χ4n) is 2.40. The van der Waals surface area contributed by atoms with Crippen LogP contribution in [0.2, 0.25) is 0 Å². The first kappa shape index (κ1) is 16.3. The number of rotatable bonds is 6. The molecule has 0 saturated carbocycles. The van der Waals surface area contributed by atoms with Crippen LogP contribution in [0.3, 0.4) is 0 Å². The summed E-state index contributed by atoms with van der Waals surface area (Å²) in [5.41, 5.74) is 1.89. The predicted octanol–water partition coefficient (Wildman–Crippen LogP) is 0.603. The van der Waals surface area contributed by atoms with Crippen molar-refractivity contribution >= 4 is 27.6 Å². The molecule has 0 atom stereocenters. The smallest absolute Gasteiger partial charge is 0.303 e. The van der Waals surface area contributed by atoms with Crippen LogP contribution in [-0.2, 0) is 21.2 Å². The highest BCUT2D eigenvalue weighted by molar-refractivity contribution is 7.92. The normalized spacial score (nSPS) is 13.8. The number of hydrogen-bond donors (Lipinski definition) is 2. The van der Waals surface area contributed by atoms with Crippen LogP contribution in [0.5, 0.6) is 0 Å². The van der Waals surface area contributed by atoms with Gasteiger partial charge in [0, 0.05) is 25.1 Å². The molecule has 2 rings (SSSR count). The third-order valence-corrected chi connectivity index (χ3v) is 4.63. The number of nitrogens with zero attached hydrogens (tertiary/aromatic N) is 1. The van der Waals surface area contributed by atoms with Crippen LogP contribution in [0.4, 0.5) is 5.69 Å². The molecular formula is C14H18N2O5S. The minimum atomic E-state index is -3.30. The summed E-state index contributed by atoms with van der Waals surface area (Å²) in [7, 11) is -3.30. The Morgan fingerprint density at radius 2 is 2.09 bits per heavy atom. The van der Waals surface area contributed by atoms with Gasteiger partial charge in [0.2, 0.25) is 10.0 Å². The lowest BCUT2D eigenvalue weighted by atomic mass is 10.1. The number of anilines is 1. The molecule has 1 heterocycles. The Balaban J connectivity index is 2.03. The minimum absolute atomic E-state index is 0.00773. The second kappa shape index (κ2) is 6.35. The summed E-state index contributed by atoms with van der Waals surface area (Å²) in [6, 6.07) is 4.90. The molecule has 2 N–H and O–H groups in total. The number of carbonyl (C=O) groups is 2. The zero-order chi connectivity index (χ0) is 16.3. The average Bonchev–Trinajstić information content (AvgIpc) is 2.85. The highest BCUT2D eigenvalue weighted by atomic mass is 32.2. The van der Waals surface area contributed by atoms with Crippen molar-refractivity contribution in [3.63, 3.8) is 0 Å². The first-order chi connectivity index (χ1) is 10.3. The van der Waals surface area contributed by atoms with E-state index in [2.05, 4.69) is 5.32 Å². The third-order valence-electron chi connectivity index (χ3n) is 3.45. The van der Waals surface area contributed by atoms with Crippen LogP contribution in [0.1, 0.15) is 28.8 Å². The van der Waals surface area contributed by atoms with E-state index in [4.69, 9.17) is 5.11 Å². The van der Waals surface area contributed by atoms with E-state index in [-0.39, 0.29) is 18.9 Å². The fraction of sp³-hybridized carbons (Fsp3) is 0.429. The molecule has 0 fully saturated rings. The van der Waals surface area contributed by atoms with E-state index >= 15 is 0 Å². The minimum Gasteiger partial charge on any atom is -0.481 e. The summed E-state index contributed by atoms with van der Waals surface area (Å²) < 4.78 is 24.6. The summed E-state index contributed by atoms with van der Waals surface area (Å²) in [6.07, 6.45) is 2.11. The topological polar surface area (TPSA) is 104 Å². The number of carboxylic acids is 1. The van der Waals surface area contributed by atoms with Crippen molar-refractivity contribution in [3.8, 4) is 0 Å². The predicted molar refractivity (Wildman–Crippen MR) is 81.5 cm³/mol. The SMILES string of the molecule is CS(=O)(=O)N1CCc2cc(C(=O)NCCCC(=O)O)ccc21. The third kappa shape index (κ3) is 3.76. The molecule has 1 aliphatic rings. The van der Waals surface area contributed by atoms with Crippen LogP contribution >= 0.6 is 0 Å². The van der Waals surface area contributed by atoms with Gasteiger partial charge in [-0.3, -0.25) is 13.9 Å². The van der Waals surface area contributed by atoms with E-state index < -0.39 is 16.0 Å². The number of carboxylic acid groups (broad SMARTS) is 1. The molecule has 0 aromatic heterocycles. The van der Waals surface area contributed by atoms with E-state index in [9.17, 15) is 18.0 Å². The molecule has 22 heavy (non-hydrogen) atoms. The van der Waals surface area contributed by atoms with Gasteiger partial charge >= 0.3 is 5.97 Å². The fourth-order valence-corrected chi connectivity index (χ4v) is 3.36. The lowest BCUT2D eigenvalue weighted by Crippen LogP contribution is -2.27. The Morgan fingerprint density at radius 1 is 1.36 bits per heavy atom. The number of hydrogen-bond acceptors (Lipinski definition) is 4. The second-order valence-electron chi connectivity index (χ2n) is 5.18. The molecule has 0 spiro atoms. The van der Waals surface area contributed by atoms with Crippen LogP contribution < -0.4 is 9.62 Å². The standard InChI is InChI=1S/C14H18N2O5S/c1-22(20,21)16-8-6-10-9-11(4-5-12(10)16)14(19)15-7-2-3-13(17)18/h4-5,9H,2-3,6-8H2,1H3,(H,15,19)(H,17,18). The maximum Gasteiger partial charge on any atom is 0.303 e. The van der Waals surface area contributed by atoms with Crippen molar-refractivity contribution in [2.45, 2.75) is 19.3 Å². The molecule has 7 nitrogen and oxygen atoms in total. The lowest BCUT2D eigenvalue weighted by Gasteiger charge is -2.16. The molecule has 0 unspecified atom stereocenters. The van der Waals surface area contributed by atoms with Gasteiger partial charge < -0.3 is 10.4 Å². The Kier molecular flexibility index (Phi) is 4.70. The monoisotopic (exact) mass is 326 g/mol. The van der Waals surface area contributed by atoms with Gasteiger partial charge in [-0.15, -0.1) is 0 Å². The van der Waals surface area contributed by atoms with E-state index in [0.717, 1.165) is 11.8 Å². The number of amides is 1. The van der Waals surface area contributed by atoms with Crippen molar-refractivity contribution in [1.29, 1.82) is 0 Å². The summed E-state index contributed by atoms with van der Waals surface area (Å²) in [5.74, 6) is -1.18. The van der Waals surface area contributed by atoms with Gasteiger partial charge in [-0.1, -0.05) is 0 Å². The maximum absolute atomic E-state index is 12.0. The number of aliphatic carboxylic acids is 1. The largest absolute Gasteiger partial charge is 0.481 e. The van der Waals surface area contributed by atoms with Gasteiger partial charge in [0.1, 0.15) is 0 Å². The number of fused-ring (bicyclic) bond motifs is 1. The quantitative estimate of drug-likeness (QED) is 0.745. The molecule has 1 amide bonds. The van der Waals surface area contributed by atoms with E-state index in [1.165, 1.54) is 4.31 Å². The Labute approximate surface area is 129 Å². The highest BCUT2D eigenvalue weighted by Gasteiger charge is 2.26. The van der Waals surface area contributed by atoms with Gasteiger partial charge in [0.15, 0.2) is 0 Å². The first-order valence-electron chi connectivity index (χ1n) is 6.89. The molecule has 0 radical (unpaired) electrons. The number of benzene rings is 1. The Hall–Kier alpha value is -2.09. The van der Waals surface area contributed by atoms with Crippen LogP contribution in [-0.4, -0.2) is 44.7 Å². The lowest BCUT2D eigenvalue weighted by molar-refractivity contribution is -0.137. The van der Waals surface area contributed by atoms with Crippen molar-refractivity contribution in [3.05, 3.63) is 29.3 Å². The molecule has 120 valence electrons. The molecule has 0 aliphatic carbocycles. The van der Waals surface area contributed by atoms with Crippen molar-refractivity contribution in [2.75, 3.05) is 23.7 Å². The average molecular weight is 326 g/mol. The van der Waals surface area contributed by atoms with Crippen LogP contribution in [0.25, 0.3) is 0 Å². The molecule has 0 bridgehead atoms. The summed E-state index contributed by atoms with van der Waals surface area (Å²) >= 11 is 0. The van der Waals surface area contributed by atoms with Gasteiger partial charge in [-0.05, 0) is 36.6 Å². The maximum atomic E-state index is 12.0. The second-order valence-corrected chi connectivity index (χ2v) is 7.09. The molecule has 0 saturated heterocycles. The van der Waals surface area contributed by atoms with Crippen molar-refractivity contribution in [1.82, 2.24) is 5.32 Å². The van der Waals surface area contributed by atoms with Crippen molar-refractivity contribution in [2.24, 2.45) is 0 Å². The van der Waals surface area contributed by atoms with E-state index in [0.29, 0.717) is 30.6 Å². The zero-order valence-electron chi connectivity index (χ0n) is 12.2. The number of carbonyl (C=O) groups excluding carboxylic acids is 1. The van der Waals surface area contributed by atoms with Gasteiger partial charge in [-0.25, -0.2) is 8.42 Å². The van der Waals surface area contributed by atoms with Crippen LogP contribution in [0.15, 0.2) is 18.2 Å². The van der Waals surface area contributed by atoms with Crippen molar-refractivity contribution < 1.29 is 23.1 Å². The molecule has 1 aromatic carbocycles. The first-order valence-corrected chi connectivity index (χ1v) is 8.74. The molecular weight excluding hydrogens is 308 g/mol. The summed E-state index contributed by atoms with van der Waals surface area (Å²) in [5, 5.41) is 11.2. The molecule has 1 aromatic rings. The number of nitrogens with one attached hydrogen (secondary N) is 1. The molecule has 8 heteroatoms. The van der Waals surface area contributed by atoms with Crippen LogP contribution in [0, 0.1) is 0 Å². The zero-order valence-corrected chi connectivity index (χ0v) is 13.0. The van der Waals surface area contributed by atoms with E-state index in [1.807, 2.05) is 0 Å². The highest BCUT2D eigenvalue weighted by Crippen LogP contribution is 2.30. The Morgan fingerprint density at radius 3 is 2.73 bits per heavy atom. The Bertz CT molecular complexity index is 699.